The molecule has 0 radical (unpaired) electrons. The Hall–Kier alpha value is -0.700. The Labute approximate surface area is 96.1 Å². The molecule has 0 aromatic carbocycles. The summed E-state index contributed by atoms with van der Waals surface area (Å²) >= 11 is 5.35. The first kappa shape index (κ1) is 10.8. The fourth-order valence-electron chi connectivity index (χ4n) is 2.03. The highest BCUT2D eigenvalue weighted by atomic mass is 32.1. The van der Waals surface area contributed by atoms with Gasteiger partial charge in [0.15, 0.2) is 0 Å². The molecular weight excluding hydrogens is 204 g/mol. The number of hydrogen-bond acceptors (Lipinski definition) is 2. The fraction of sp³-hybridized carbons (Fsp3) is 0.667. The van der Waals surface area contributed by atoms with E-state index in [1.165, 1.54) is 24.1 Å². The second-order valence-corrected chi connectivity index (χ2v) is 5.22. The number of aromatic amines is 1. The lowest BCUT2D eigenvalue weighted by atomic mass is 10.0. The summed E-state index contributed by atoms with van der Waals surface area (Å²) < 4.78 is 0.789. The molecule has 3 heteroatoms. The Kier molecular flexibility index (Phi) is 2.91. The first-order valence-corrected chi connectivity index (χ1v) is 6.08. The van der Waals surface area contributed by atoms with Crippen LogP contribution in [0.15, 0.2) is 0 Å². The van der Waals surface area contributed by atoms with Crippen molar-refractivity contribution in [2.24, 2.45) is 5.92 Å². The molecule has 0 amide bonds. The number of nitrogens with zero attached hydrogens (tertiary/aromatic N) is 1. The molecule has 1 aliphatic carbocycles. The SMILES string of the molecule is Cc1[nH]c(CC2CC2)nc(=S)c1C(C)C. The molecule has 1 fully saturated rings. The Morgan fingerprint density at radius 3 is 2.60 bits per heavy atom. The van der Waals surface area contributed by atoms with Gasteiger partial charge >= 0.3 is 0 Å². The van der Waals surface area contributed by atoms with Gasteiger partial charge in [-0.05, 0) is 31.6 Å². The van der Waals surface area contributed by atoms with Crippen molar-refractivity contribution < 1.29 is 0 Å². The standard InChI is InChI=1S/C12H18N2S/c1-7(2)11-8(3)13-10(14-12(11)15)6-9-4-5-9/h7,9H,4-6H2,1-3H3,(H,13,14,15). The first-order valence-electron chi connectivity index (χ1n) is 5.67. The molecule has 0 spiro atoms. The number of aromatic nitrogens is 2. The van der Waals surface area contributed by atoms with Crippen LogP contribution in [-0.2, 0) is 6.42 Å². The first-order chi connectivity index (χ1) is 7.08. The van der Waals surface area contributed by atoms with Crippen LogP contribution in [0.3, 0.4) is 0 Å². The van der Waals surface area contributed by atoms with Crippen LogP contribution in [0.4, 0.5) is 0 Å². The van der Waals surface area contributed by atoms with E-state index in [0.717, 1.165) is 22.8 Å². The fourth-order valence-corrected chi connectivity index (χ4v) is 2.53. The van der Waals surface area contributed by atoms with Crippen LogP contribution < -0.4 is 0 Å². The van der Waals surface area contributed by atoms with Gasteiger partial charge in [-0.15, -0.1) is 0 Å². The third-order valence-electron chi connectivity index (χ3n) is 2.96. The van der Waals surface area contributed by atoms with Crippen molar-refractivity contribution >= 4 is 12.2 Å². The van der Waals surface area contributed by atoms with Crippen molar-refractivity contribution in [1.29, 1.82) is 0 Å². The van der Waals surface area contributed by atoms with Gasteiger partial charge < -0.3 is 4.98 Å². The van der Waals surface area contributed by atoms with E-state index < -0.39 is 0 Å². The van der Waals surface area contributed by atoms with E-state index in [1.54, 1.807) is 0 Å². The summed E-state index contributed by atoms with van der Waals surface area (Å²) in [6, 6.07) is 0. The minimum absolute atomic E-state index is 0.455. The maximum Gasteiger partial charge on any atom is 0.133 e. The van der Waals surface area contributed by atoms with E-state index in [9.17, 15) is 0 Å². The summed E-state index contributed by atoms with van der Waals surface area (Å²) in [7, 11) is 0. The van der Waals surface area contributed by atoms with E-state index in [4.69, 9.17) is 12.2 Å². The van der Waals surface area contributed by atoms with Crippen LogP contribution in [0.1, 0.15) is 49.7 Å². The van der Waals surface area contributed by atoms with Crippen LogP contribution in [0.5, 0.6) is 0 Å². The average Bonchev–Trinajstić information content (AvgIpc) is 2.85. The summed E-state index contributed by atoms with van der Waals surface area (Å²) in [6.07, 6.45) is 3.78. The third kappa shape index (κ3) is 2.46. The van der Waals surface area contributed by atoms with Crippen molar-refractivity contribution in [2.45, 2.75) is 46.0 Å². The van der Waals surface area contributed by atoms with E-state index in [-0.39, 0.29) is 0 Å². The van der Waals surface area contributed by atoms with Crippen molar-refractivity contribution in [3.05, 3.63) is 21.7 Å². The number of rotatable bonds is 3. The minimum Gasteiger partial charge on any atom is -0.347 e. The van der Waals surface area contributed by atoms with Gasteiger partial charge in [0, 0.05) is 17.7 Å². The molecular formula is C12H18N2S. The third-order valence-corrected chi connectivity index (χ3v) is 3.27. The highest BCUT2D eigenvalue weighted by Crippen LogP contribution is 2.32. The Bertz CT molecular complexity index is 416. The van der Waals surface area contributed by atoms with Gasteiger partial charge in [0.05, 0.1) is 0 Å². The molecule has 0 bridgehead atoms. The predicted molar refractivity (Wildman–Crippen MR) is 64.7 cm³/mol. The van der Waals surface area contributed by atoms with Crippen LogP contribution >= 0.6 is 12.2 Å². The molecule has 15 heavy (non-hydrogen) atoms. The topological polar surface area (TPSA) is 28.7 Å². The van der Waals surface area contributed by atoms with Crippen LogP contribution in [0, 0.1) is 17.5 Å². The number of nitrogens with one attached hydrogen (secondary N) is 1. The minimum atomic E-state index is 0.455. The van der Waals surface area contributed by atoms with Gasteiger partial charge in [0.1, 0.15) is 10.5 Å². The summed E-state index contributed by atoms with van der Waals surface area (Å²) in [6.45, 7) is 6.42. The van der Waals surface area contributed by atoms with Gasteiger partial charge in [-0.25, -0.2) is 4.98 Å². The van der Waals surface area contributed by atoms with E-state index in [0.29, 0.717) is 5.92 Å². The molecule has 1 heterocycles. The van der Waals surface area contributed by atoms with Crippen molar-refractivity contribution in [2.75, 3.05) is 0 Å². The number of H-pyrrole nitrogens is 1. The normalized spacial score (nSPS) is 16.0. The molecule has 0 unspecified atom stereocenters. The van der Waals surface area contributed by atoms with E-state index in [1.807, 2.05) is 0 Å². The largest absolute Gasteiger partial charge is 0.347 e. The van der Waals surface area contributed by atoms with Gasteiger partial charge in [0.2, 0.25) is 0 Å². The van der Waals surface area contributed by atoms with Gasteiger partial charge in [0.25, 0.3) is 0 Å². The molecule has 1 N–H and O–H groups in total. The van der Waals surface area contributed by atoms with E-state index in [2.05, 4.69) is 30.7 Å². The lowest BCUT2D eigenvalue weighted by Gasteiger charge is -2.11. The highest BCUT2D eigenvalue weighted by molar-refractivity contribution is 7.71. The van der Waals surface area contributed by atoms with Crippen LogP contribution in [0.2, 0.25) is 0 Å². The smallest absolute Gasteiger partial charge is 0.133 e. The molecule has 2 nitrogen and oxygen atoms in total. The van der Waals surface area contributed by atoms with E-state index >= 15 is 0 Å². The molecule has 1 aromatic heterocycles. The Morgan fingerprint density at radius 1 is 1.47 bits per heavy atom. The number of hydrogen-bond donors (Lipinski definition) is 1. The van der Waals surface area contributed by atoms with Gasteiger partial charge in [-0.1, -0.05) is 26.1 Å². The van der Waals surface area contributed by atoms with Crippen LogP contribution in [0.25, 0.3) is 0 Å². The molecule has 82 valence electrons. The molecule has 0 atom stereocenters. The zero-order valence-corrected chi connectivity index (χ0v) is 10.4. The van der Waals surface area contributed by atoms with Gasteiger partial charge in [-0.3, -0.25) is 0 Å². The summed E-state index contributed by atoms with van der Waals surface area (Å²) in [4.78, 5) is 7.89. The molecule has 1 aromatic rings. The Balaban J connectivity index is 2.33. The highest BCUT2D eigenvalue weighted by Gasteiger charge is 2.23. The maximum absolute atomic E-state index is 5.35. The van der Waals surface area contributed by atoms with Crippen molar-refractivity contribution in [3.63, 3.8) is 0 Å². The average molecular weight is 222 g/mol. The molecule has 1 aliphatic rings. The quantitative estimate of drug-likeness (QED) is 0.793. The summed E-state index contributed by atoms with van der Waals surface area (Å²) in [5.74, 6) is 2.38. The molecule has 1 saturated carbocycles. The maximum atomic E-state index is 5.35. The zero-order valence-electron chi connectivity index (χ0n) is 9.63. The zero-order chi connectivity index (χ0) is 11.0. The predicted octanol–water partition coefficient (Wildman–Crippen LogP) is 3.52. The van der Waals surface area contributed by atoms with Gasteiger partial charge in [-0.2, -0.15) is 0 Å². The lowest BCUT2D eigenvalue weighted by molar-refractivity contribution is 0.739. The Morgan fingerprint density at radius 2 is 2.13 bits per heavy atom. The summed E-state index contributed by atoms with van der Waals surface area (Å²) in [5, 5.41) is 0. The van der Waals surface area contributed by atoms with Crippen molar-refractivity contribution in [3.8, 4) is 0 Å². The van der Waals surface area contributed by atoms with Crippen LogP contribution in [-0.4, -0.2) is 9.97 Å². The number of aryl methyl sites for hydroxylation is 1. The lowest BCUT2D eigenvalue weighted by Crippen LogP contribution is -2.05. The second kappa shape index (κ2) is 4.05. The monoisotopic (exact) mass is 222 g/mol. The summed E-state index contributed by atoms with van der Waals surface area (Å²) in [5.41, 5.74) is 2.39. The second-order valence-electron chi connectivity index (χ2n) is 4.83. The molecule has 2 rings (SSSR count). The molecule has 0 saturated heterocycles. The van der Waals surface area contributed by atoms with Crippen molar-refractivity contribution in [1.82, 2.24) is 9.97 Å². The molecule has 0 aliphatic heterocycles.